The Balaban J connectivity index is 2.13. The van der Waals surface area contributed by atoms with Gasteiger partial charge in [0.1, 0.15) is 17.4 Å². The summed E-state index contributed by atoms with van der Waals surface area (Å²) in [6, 6.07) is 3.28. The topological polar surface area (TPSA) is 64.8 Å². The first kappa shape index (κ1) is 16.9. The number of carbonyl (C=O) groups excluding carboxylic acids is 1. The molecule has 2 rings (SSSR count). The van der Waals surface area contributed by atoms with Gasteiger partial charge in [-0.2, -0.15) is 0 Å². The minimum Gasteiger partial charge on any atom is -0.496 e. The van der Waals surface area contributed by atoms with Crippen LogP contribution in [0, 0.1) is 0 Å². The number of ether oxygens (including phenoxy) is 2. The minimum absolute atomic E-state index is 0.196. The Labute approximate surface area is 136 Å². The van der Waals surface area contributed by atoms with Gasteiger partial charge in [0.15, 0.2) is 0 Å². The van der Waals surface area contributed by atoms with E-state index in [4.69, 9.17) is 26.8 Å². The fraction of sp³-hybridized carbons (Fsp3) is 0.562. The van der Waals surface area contributed by atoms with Gasteiger partial charge in [-0.25, -0.2) is 4.79 Å². The molecule has 1 heterocycles. The second-order valence-corrected chi connectivity index (χ2v) is 6.14. The van der Waals surface area contributed by atoms with Crippen LogP contribution in [0.15, 0.2) is 12.1 Å². The Morgan fingerprint density at radius 3 is 2.82 bits per heavy atom. The first-order valence-electron chi connectivity index (χ1n) is 7.48. The van der Waals surface area contributed by atoms with Crippen molar-refractivity contribution in [3.63, 3.8) is 0 Å². The van der Waals surface area contributed by atoms with Gasteiger partial charge in [-0.3, -0.25) is 4.90 Å². The van der Waals surface area contributed by atoms with Crippen LogP contribution >= 0.6 is 11.6 Å². The molecule has 0 radical (unpaired) electrons. The number of benzene rings is 1. The van der Waals surface area contributed by atoms with Crippen LogP contribution < -0.4 is 10.5 Å². The molecule has 0 aliphatic carbocycles. The van der Waals surface area contributed by atoms with Crippen LogP contribution in [-0.4, -0.2) is 43.7 Å². The van der Waals surface area contributed by atoms with Crippen LogP contribution in [-0.2, 0) is 4.74 Å². The van der Waals surface area contributed by atoms with Crippen LogP contribution in [0.2, 0.25) is 5.02 Å². The summed E-state index contributed by atoms with van der Waals surface area (Å²) < 4.78 is 10.8. The molecule has 1 fully saturated rings. The standard InChI is InChI=1S/C16H23ClN2O3/c1-10(14-6-4-5-7-19(14)2)22-16(20)11-8-12(17)13(18)9-15(11)21-3/h8-10,14H,4-7,18H2,1-3H3. The molecule has 0 saturated carbocycles. The molecule has 0 aromatic heterocycles. The number of carbonyl (C=O) groups is 1. The number of likely N-dealkylation sites (N-methyl/N-ethyl adjacent to an activating group) is 1. The molecule has 2 unspecified atom stereocenters. The van der Waals surface area contributed by atoms with Crippen molar-refractivity contribution in [3.8, 4) is 5.75 Å². The lowest BCUT2D eigenvalue weighted by Gasteiger charge is -2.36. The SMILES string of the molecule is COc1cc(N)c(Cl)cc1C(=O)OC(C)C1CCCCN1C. The van der Waals surface area contributed by atoms with Crippen LogP contribution in [0.1, 0.15) is 36.5 Å². The fourth-order valence-electron chi connectivity index (χ4n) is 2.90. The number of piperidine rings is 1. The van der Waals surface area contributed by atoms with Crippen molar-refractivity contribution in [3.05, 3.63) is 22.7 Å². The molecule has 0 spiro atoms. The van der Waals surface area contributed by atoms with Gasteiger partial charge in [-0.05, 0) is 39.4 Å². The highest BCUT2D eigenvalue weighted by molar-refractivity contribution is 6.33. The first-order valence-corrected chi connectivity index (χ1v) is 7.86. The second-order valence-electron chi connectivity index (χ2n) is 5.73. The van der Waals surface area contributed by atoms with Gasteiger partial charge < -0.3 is 15.2 Å². The lowest BCUT2D eigenvalue weighted by atomic mass is 9.99. The highest BCUT2D eigenvalue weighted by atomic mass is 35.5. The third-order valence-electron chi connectivity index (χ3n) is 4.20. The number of nitrogens with two attached hydrogens (primary N) is 1. The summed E-state index contributed by atoms with van der Waals surface area (Å²) in [5.74, 6) is -0.0682. The molecule has 2 N–H and O–H groups in total. The van der Waals surface area contributed by atoms with Crippen LogP contribution in [0.5, 0.6) is 5.75 Å². The summed E-state index contributed by atoms with van der Waals surface area (Å²) in [6.07, 6.45) is 3.19. The van der Waals surface area contributed by atoms with Crippen LogP contribution in [0.4, 0.5) is 5.69 Å². The van der Waals surface area contributed by atoms with E-state index < -0.39 is 5.97 Å². The number of hydrogen-bond donors (Lipinski definition) is 1. The Bertz CT molecular complexity index is 550. The zero-order valence-corrected chi connectivity index (χ0v) is 14.0. The number of hydrogen-bond acceptors (Lipinski definition) is 5. The predicted molar refractivity (Wildman–Crippen MR) is 87.6 cm³/mol. The van der Waals surface area contributed by atoms with E-state index in [0.29, 0.717) is 22.0 Å². The molecule has 1 aromatic rings. The summed E-state index contributed by atoms with van der Waals surface area (Å²) in [4.78, 5) is 14.7. The van der Waals surface area contributed by atoms with Gasteiger partial charge in [-0.1, -0.05) is 18.0 Å². The lowest BCUT2D eigenvalue weighted by molar-refractivity contribution is 0.000958. The highest BCUT2D eigenvalue weighted by Gasteiger charge is 2.28. The number of nitrogens with zero attached hydrogens (tertiary/aromatic N) is 1. The van der Waals surface area contributed by atoms with Crippen LogP contribution in [0.3, 0.4) is 0 Å². The summed E-state index contributed by atoms with van der Waals surface area (Å²) in [6.45, 7) is 2.96. The van der Waals surface area contributed by atoms with Crippen molar-refractivity contribution < 1.29 is 14.3 Å². The maximum Gasteiger partial charge on any atom is 0.342 e. The Morgan fingerprint density at radius 2 is 2.18 bits per heavy atom. The maximum absolute atomic E-state index is 12.4. The normalized spacial score (nSPS) is 20.5. The van der Waals surface area contributed by atoms with Crippen molar-refractivity contribution in [2.45, 2.75) is 38.3 Å². The number of esters is 1. The van der Waals surface area contributed by atoms with Gasteiger partial charge in [0, 0.05) is 12.1 Å². The zero-order valence-electron chi connectivity index (χ0n) is 13.3. The van der Waals surface area contributed by atoms with E-state index in [1.807, 2.05) is 6.92 Å². The molecule has 5 nitrogen and oxygen atoms in total. The lowest BCUT2D eigenvalue weighted by Crippen LogP contribution is -2.44. The molecule has 22 heavy (non-hydrogen) atoms. The smallest absolute Gasteiger partial charge is 0.342 e. The van der Waals surface area contributed by atoms with E-state index in [9.17, 15) is 4.79 Å². The number of anilines is 1. The summed E-state index contributed by atoms with van der Waals surface area (Å²) in [5, 5.41) is 0.315. The fourth-order valence-corrected chi connectivity index (χ4v) is 3.07. The monoisotopic (exact) mass is 326 g/mol. The number of methoxy groups -OCH3 is 1. The van der Waals surface area contributed by atoms with Gasteiger partial charge in [0.05, 0.1) is 17.8 Å². The van der Waals surface area contributed by atoms with Crippen molar-refractivity contribution in [2.24, 2.45) is 0 Å². The first-order chi connectivity index (χ1) is 10.4. The number of nitrogen functional groups attached to an aromatic ring is 1. The average molecular weight is 327 g/mol. The van der Waals surface area contributed by atoms with Crippen LogP contribution in [0.25, 0.3) is 0 Å². The van der Waals surface area contributed by atoms with E-state index in [2.05, 4.69) is 11.9 Å². The van der Waals surface area contributed by atoms with Gasteiger partial charge >= 0.3 is 5.97 Å². The van der Waals surface area contributed by atoms with Gasteiger partial charge in [-0.15, -0.1) is 0 Å². The Morgan fingerprint density at radius 1 is 1.45 bits per heavy atom. The van der Waals surface area contributed by atoms with Gasteiger partial charge in [0.2, 0.25) is 0 Å². The van der Waals surface area contributed by atoms with Crippen molar-refractivity contribution in [1.29, 1.82) is 0 Å². The highest BCUT2D eigenvalue weighted by Crippen LogP contribution is 2.30. The van der Waals surface area contributed by atoms with Gasteiger partial charge in [0.25, 0.3) is 0 Å². The van der Waals surface area contributed by atoms with E-state index in [1.54, 1.807) is 0 Å². The molecule has 2 atom stereocenters. The molecule has 0 amide bonds. The molecular weight excluding hydrogens is 304 g/mol. The molecule has 0 bridgehead atoms. The number of halogens is 1. The van der Waals surface area contributed by atoms with Crippen molar-refractivity contribution >= 4 is 23.3 Å². The molecule has 1 saturated heterocycles. The molecule has 6 heteroatoms. The third kappa shape index (κ3) is 3.65. The third-order valence-corrected chi connectivity index (χ3v) is 4.53. The maximum atomic E-state index is 12.4. The molecule has 1 aliphatic heterocycles. The Kier molecular flexibility index (Phi) is 5.53. The summed E-state index contributed by atoms with van der Waals surface area (Å²) in [5.41, 5.74) is 6.40. The largest absolute Gasteiger partial charge is 0.496 e. The Hall–Kier alpha value is -1.46. The predicted octanol–water partition coefficient (Wildman–Crippen LogP) is 2.96. The number of likely N-dealkylation sites (tertiary alicyclic amines) is 1. The molecular formula is C16H23ClN2O3. The quantitative estimate of drug-likeness (QED) is 0.680. The van der Waals surface area contributed by atoms with E-state index >= 15 is 0 Å². The average Bonchev–Trinajstić information content (AvgIpc) is 2.49. The molecule has 1 aromatic carbocycles. The van der Waals surface area contributed by atoms with E-state index in [1.165, 1.54) is 25.7 Å². The molecule has 122 valence electrons. The van der Waals surface area contributed by atoms with E-state index in [0.717, 1.165) is 19.4 Å². The zero-order chi connectivity index (χ0) is 16.3. The number of rotatable bonds is 4. The minimum atomic E-state index is -0.440. The van der Waals surface area contributed by atoms with Crippen molar-refractivity contribution in [1.82, 2.24) is 4.90 Å². The summed E-state index contributed by atoms with van der Waals surface area (Å²) >= 11 is 6.00. The summed E-state index contributed by atoms with van der Waals surface area (Å²) in [7, 11) is 3.55. The van der Waals surface area contributed by atoms with E-state index in [-0.39, 0.29) is 12.1 Å². The second kappa shape index (κ2) is 7.20. The van der Waals surface area contributed by atoms with Crippen molar-refractivity contribution in [2.75, 3.05) is 26.4 Å². The molecule has 1 aliphatic rings.